The van der Waals surface area contributed by atoms with Crippen LogP contribution in [0.3, 0.4) is 0 Å². The number of aromatic amines is 1. The van der Waals surface area contributed by atoms with E-state index in [9.17, 15) is 4.79 Å². The number of rotatable bonds is 12. The molecule has 2 atom stereocenters. The molecule has 0 aliphatic carbocycles. The molecule has 206 valence electrons. The molecule has 1 aliphatic heterocycles. The lowest BCUT2D eigenvalue weighted by Gasteiger charge is -2.31. The number of hydrogen-bond donors (Lipinski definition) is 1. The molecule has 2 aromatic heterocycles. The van der Waals surface area contributed by atoms with Gasteiger partial charge in [-0.2, -0.15) is 0 Å². The van der Waals surface area contributed by atoms with E-state index in [0.717, 1.165) is 59.7 Å². The van der Waals surface area contributed by atoms with Crippen molar-refractivity contribution in [3.05, 3.63) is 75.8 Å². The average molecular weight is 533 g/mol. The molecule has 0 saturated carbocycles. The van der Waals surface area contributed by atoms with Gasteiger partial charge in [-0.3, -0.25) is 9.69 Å². The minimum atomic E-state index is -0.142. The maximum absolute atomic E-state index is 13.2. The molecule has 10 heteroatoms. The number of para-hydroxylation sites is 1. The molecule has 0 unspecified atom stereocenters. The molecular formula is C29H36N6O4. The van der Waals surface area contributed by atoms with Gasteiger partial charge < -0.3 is 19.2 Å². The maximum atomic E-state index is 13.2. The number of nitrogens with one attached hydrogen (secondary N) is 1. The number of nitrogens with zero attached hydrogens (tertiary/aromatic N) is 5. The molecule has 39 heavy (non-hydrogen) atoms. The van der Waals surface area contributed by atoms with E-state index in [4.69, 9.17) is 14.2 Å². The first kappa shape index (κ1) is 26.8. The monoisotopic (exact) mass is 532 g/mol. The van der Waals surface area contributed by atoms with Gasteiger partial charge in [0.05, 0.1) is 32.4 Å². The predicted molar refractivity (Wildman–Crippen MR) is 148 cm³/mol. The van der Waals surface area contributed by atoms with Crippen LogP contribution in [-0.2, 0) is 24.4 Å². The van der Waals surface area contributed by atoms with Gasteiger partial charge in [0.15, 0.2) is 5.82 Å². The van der Waals surface area contributed by atoms with Crippen molar-refractivity contribution in [2.24, 2.45) is 0 Å². The van der Waals surface area contributed by atoms with E-state index >= 15 is 0 Å². The molecule has 1 aliphatic rings. The minimum absolute atomic E-state index is 0.107. The first-order valence-electron chi connectivity index (χ1n) is 13.6. The van der Waals surface area contributed by atoms with Gasteiger partial charge in [-0.25, -0.2) is 4.68 Å². The standard InChI is InChI=1S/C29H36N6O4/c1-4-26(28-31-32-33-35(28)19-24-10-8-14-39-24)34(17-20-9-6-7-11-27(20)37-3)18-22-15-21-16-23(38-5-2)12-13-25(21)30-29(22)36/h6-7,9,11-13,15-16,24,26H,4-5,8,10,14,17-19H2,1-3H3,(H,30,36)/t24-,26+/m0/s1. The van der Waals surface area contributed by atoms with Crippen LogP contribution in [0.5, 0.6) is 11.5 Å². The first-order valence-corrected chi connectivity index (χ1v) is 13.6. The molecule has 5 rings (SSSR count). The number of fused-ring (bicyclic) bond motifs is 1. The quantitative estimate of drug-likeness (QED) is 0.289. The van der Waals surface area contributed by atoms with E-state index in [0.29, 0.717) is 31.8 Å². The highest BCUT2D eigenvalue weighted by Gasteiger charge is 2.28. The molecule has 0 amide bonds. The zero-order valence-electron chi connectivity index (χ0n) is 22.8. The zero-order chi connectivity index (χ0) is 27.2. The Labute approximate surface area is 227 Å². The molecule has 0 radical (unpaired) electrons. The summed E-state index contributed by atoms with van der Waals surface area (Å²) < 4.78 is 19.1. The highest BCUT2D eigenvalue weighted by molar-refractivity contribution is 5.80. The predicted octanol–water partition coefficient (Wildman–Crippen LogP) is 4.25. The van der Waals surface area contributed by atoms with Crippen molar-refractivity contribution >= 4 is 10.9 Å². The van der Waals surface area contributed by atoms with Gasteiger partial charge in [0.2, 0.25) is 0 Å². The third kappa shape index (κ3) is 6.12. The lowest BCUT2D eigenvalue weighted by molar-refractivity contribution is 0.0887. The summed E-state index contributed by atoms with van der Waals surface area (Å²) in [5.41, 5.74) is 2.33. The van der Waals surface area contributed by atoms with E-state index in [1.165, 1.54) is 0 Å². The zero-order valence-corrected chi connectivity index (χ0v) is 22.8. The first-order chi connectivity index (χ1) is 19.1. The van der Waals surface area contributed by atoms with Gasteiger partial charge in [0.25, 0.3) is 5.56 Å². The Morgan fingerprint density at radius 2 is 2.00 bits per heavy atom. The fourth-order valence-electron chi connectivity index (χ4n) is 5.32. The Morgan fingerprint density at radius 3 is 2.77 bits per heavy atom. The van der Waals surface area contributed by atoms with E-state index in [2.05, 4.69) is 32.3 Å². The fraction of sp³-hybridized carbons (Fsp3) is 0.448. The van der Waals surface area contributed by atoms with E-state index < -0.39 is 0 Å². The summed E-state index contributed by atoms with van der Waals surface area (Å²) >= 11 is 0. The molecule has 0 spiro atoms. The topological polar surface area (TPSA) is 107 Å². The smallest absolute Gasteiger partial charge is 0.252 e. The van der Waals surface area contributed by atoms with Crippen molar-refractivity contribution in [2.45, 2.75) is 64.9 Å². The Hall–Kier alpha value is -3.76. The molecule has 4 aromatic rings. The number of ether oxygens (including phenoxy) is 3. The summed E-state index contributed by atoms with van der Waals surface area (Å²) in [6, 6.07) is 15.5. The van der Waals surface area contributed by atoms with Gasteiger partial charge in [0.1, 0.15) is 11.5 Å². The summed E-state index contributed by atoms with van der Waals surface area (Å²) in [7, 11) is 1.67. The van der Waals surface area contributed by atoms with Gasteiger partial charge >= 0.3 is 0 Å². The molecule has 10 nitrogen and oxygen atoms in total. The van der Waals surface area contributed by atoms with Crippen LogP contribution < -0.4 is 15.0 Å². The lowest BCUT2D eigenvalue weighted by Crippen LogP contribution is -2.33. The highest BCUT2D eigenvalue weighted by Crippen LogP contribution is 2.30. The minimum Gasteiger partial charge on any atom is -0.496 e. The Morgan fingerprint density at radius 1 is 1.15 bits per heavy atom. The van der Waals surface area contributed by atoms with Crippen molar-refractivity contribution < 1.29 is 14.2 Å². The summed E-state index contributed by atoms with van der Waals surface area (Å²) in [5.74, 6) is 2.33. The van der Waals surface area contributed by atoms with Crippen LogP contribution in [0.4, 0.5) is 0 Å². The largest absolute Gasteiger partial charge is 0.496 e. The Balaban J connectivity index is 1.52. The second-order valence-corrected chi connectivity index (χ2v) is 9.80. The fourth-order valence-corrected chi connectivity index (χ4v) is 5.32. The number of aromatic nitrogens is 5. The lowest BCUT2D eigenvalue weighted by atomic mass is 10.1. The van der Waals surface area contributed by atoms with Crippen molar-refractivity contribution in [3.8, 4) is 11.5 Å². The molecule has 1 N–H and O–H groups in total. The highest BCUT2D eigenvalue weighted by atomic mass is 16.5. The number of benzene rings is 2. The number of H-pyrrole nitrogens is 1. The van der Waals surface area contributed by atoms with Gasteiger partial charge in [-0.1, -0.05) is 25.1 Å². The van der Waals surface area contributed by atoms with Crippen molar-refractivity contribution in [2.75, 3.05) is 20.3 Å². The Kier molecular flexibility index (Phi) is 8.53. The van der Waals surface area contributed by atoms with E-state index in [-0.39, 0.29) is 17.7 Å². The van der Waals surface area contributed by atoms with Crippen LogP contribution in [0.15, 0.2) is 53.3 Å². The number of methoxy groups -OCH3 is 1. The van der Waals surface area contributed by atoms with Crippen LogP contribution in [0.25, 0.3) is 10.9 Å². The molecule has 2 aromatic carbocycles. The summed E-state index contributed by atoms with van der Waals surface area (Å²) in [5, 5.41) is 13.7. The van der Waals surface area contributed by atoms with Crippen molar-refractivity contribution in [1.29, 1.82) is 0 Å². The van der Waals surface area contributed by atoms with E-state index in [1.54, 1.807) is 7.11 Å². The third-order valence-corrected chi connectivity index (χ3v) is 7.23. The van der Waals surface area contributed by atoms with Crippen molar-refractivity contribution in [3.63, 3.8) is 0 Å². The third-order valence-electron chi connectivity index (χ3n) is 7.23. The van der Waals surface area contributed by atoms with Gasteiger partial charge in [0, 0.05) is 41.7 Å². The average Bonchev–Trinajstić information content (AvgIpc) is 3.63. The van der Waals surface area contributed by atoms with Gasteiger partial charge in [-0.15, -0.1) is 5.10 Å². The van der Waals surface area contributed by atoms with Crippen molar-refractivity contribution in [1.82, 2.24) is 30.1 Å². The molecule has 0 bridgehead atoms. The molecule has 1 saturated heterocycles. The molecular weight excluding hydrogens is 496 g/mol. The second kappa shape index (κ2) is 12.4. The summed E-state index contributed by atoms with van der Waals surface area (Å²) in [6.07, 6.45) is 2.91. The number of tetrazole rings is 1. The molecule has 3 heterocycles. The van der Waals surface area contributed by atoms with Gasteiger partial charge in [-0.05, 0) is 66.9 Å². The van der Waals surface area contributed by atoms with Crippen LogP contribution in [0.1, 0.15) is 56.1 Å². The number of pyridine rings is 1. The summed E-state index contributed by atoms with van der Waals surface area (Å²) in [6.45, 7) is 6.97. The van der Waals surface area contributed by atoms with E-state index in [1.807, 2.05) is 60.1 Å². The SMILES string of the molecule is CCOc1ccc2[nH]c(=O)c(CN(Cc3ccccc3OC)[C@H](CC)c3nnnn3C[C@@H]3CCCO3)cc2c1. The Bertz CT molecular complexity index is 1450. The van der Waals surface area contributed by atoms with Crippen LogP contribution in [0.2, 0.25) is 0 Å². The van der Waals surface area contributed by atoms with Crippen LogP contribution in [-0.4, -0.2) is 56.5 Å². The van der Waals surface area contributed by atoms with Crippen LogP contribution >= 0.6 is 0 Å². The number of hydrogen-bond acceptors (Lipinski definition) is 8. The normalized spacial score (nSPS) is 16.2. The maximum Gasteiger partial charge on any atom is 0.252 e. The second-order valence-electron chi connectivity index (χ2n) is 9.80. The summed E-state index contributed by atoms with van der Waals surface area (Å²) in [4.78, 5) is 18.5. The molecule has 1 fully saturated rings. The van der Waals surface area contributed by atoms with Crippen LogP contribution in [0, 0.1) is 0 Å².